The zero-order valence-corrected chi connectivity index (χ0v) is 11.8. The van der Waals surface area contributed by atoms with E-state index in [9.17, 15) is 13.5 Å². The van der Waals surface area contributed by atoms with E-state index in [1.807, 2.05) is 6.92 Å². The van der Waals surface area contributed by atoms with Gasteiger partial charge in [0, 0.05) is 13.6 Å². The molecule has 0 aromatic heterocycles. The summed E-state index contributed by atoms with van der Waals surface area (Å²) in [6, 6.07) is 3.32. The molecule has 0 saturated carbocycles. The highest BCUT2D eigenvalue weighted by Gasteiger charge is 2.22. The first-order valence-electron chi connectivity index (χ1n) is 5.62. The molecule has 5 heteroatoms. The zero-order chi connectivity index (χ0) is 13.9. The molecule has 0 radical (unpaired) electrons. The summed E-state index contributed by atoms with van der Waals surface area (Å²) in [4.78, 5) is 0.238. The van der Waals surface area contributed by atoms with E-state index in [-0.39, 0.29) is 18.0 Å². The molecule has 1 N–H and O–H groups in total. The molecule has 0 bridgehead atoms. The molecule has 0 aliphatic carbocycles. The summed E-state index contributed by atoms with van der Waals surface area (Å²) in [5, 5.41) is 9.22. The summed E-state index contributed by atoms with van der Waals surface area (Å²) in [6.07, 6.45) is 1.54. The highest BCUT2D eigenvalue weighted by atomic mass is 32.2. The molecule has 100 valence electrons. The smallest absolute Gasteiger partial charge is 0.243 e. The Balaban J connectivity index is 3.36. The summed E-state index contributed by atoms with van der Waals surface area (Å²) in [7, 11) is -2.02. The van der Waals surface area contributed by atoms with Gasteiger partial charge in [0.2, 0.25) is 10.0 Å². The van der Waals surface area contributed by atoms with E-state index in [0.717, 1.165) is 5.56 Å². The van der Waals surface area contributed by atoms with Crippen LogP contribution >= 0.6 is 0 Å². The summed E-state index contributed by atoms with van der Waals surface area (Å²) >= 11 is 0. The topological polar surface area (TPSA) is 57.6 Å². The summed E-state index contributed by atoms with van der Waals surface area (Å²) < 4.78 is 25.9. The Morgan fingerprint density at radius 3 is 2.44 bits per heavy atom. The van der Waals surface area contributed by atoms with Crippen LogP contribution in [0.2, 0.25) is 0 Å². The summed E-state index contributed by atoms with van der Waals surface area (Å²) in [5.74, 6) is 0. The monoisotopic (exact) mass is 269 g/mol. The van der Waals surface area contributed by atoms with E-state index in [0.29, 0.717) is 11.1 Å². The average molecular weight is 269 g/mol. The Bertz CT molecular complexity index is 550. The Morgan fingerprint density at radius 1 is 1.33 bits per heavy atom. The van der Waals surface area contributed by atoms with E-state index < -0.39 is 10.0 Å². The van der Waals surface area contributed by atoms with Crippen LogP contribution in [0, 0.1) is 13.8 Å². The number of aliphatic hydroxyl groups is 1. The maximum atomic E-state index is 12.3. The van der Waals surface area contributed by atoms with Crippen molar-refractivity contribution >= 4 is 10.0 Å². The summed E-state index contributed by atoms with van der Waals surface area (Å²) in [5.41, 5.74) is 2.20. The van der Waals surface area contributed by atoms with E-state index in [1.54, 1.807) is 19.1 Å². The lowest BCUT2D eigenvalue weighted by molar-refractivity contribution is 0.280. The molecule has 1 rings (SSSR count). The highest BCUT2D eigenvalue weighted by molar-refractivity contribution is 7.89. The predicted molar refractivity (Wildman–Crippen MR) is 71.9 cm³/mol. The summed E-state index contributed by atoms with van der Waals surface area (Å²) in [6.45, 7) is 7.22. The lowest BCUT2D eigenvalue weighted by atomic mass is 10.1. The van der Waals surface area contributed by atoms with Gasteiger partial charge in [0.25, 0.3) is 0 Å². The first-order valence-corrected chi connectivity index (χ1v) is 7.06. The second kappa shape index (κ2) is 5.65. The van der Waals surface area contributed by atoms with Crippen molar-refractivity contribution in [2.45, 2.75) is 25.3 Å². The number of hydrogen-bond donors (Lipinski definition) is 1. The Morgan fingerprint density at radius 2 is 1.94 bits per heavy atom. The molecule has 18 heavy (non-hydrogen) atoms. The van der Waals surface area contributed by atoms with Crippen LogP contribution in [0.4, 0.5) is 0 Å². The van der Waals surface area contributed by atoms with Gasteiger partial charge >= 0.3 is 0 Å². The second-order valence-electron chi connectivity index (χ2n) is 4.28. The van der Waals surface area contributed by atoms with Crippen molar-refractivity contribution in [3.8, 4) is 0 Å². The van der Waals surface area contributed by atoms with Crippen LogP contribution in [0.1, 0.15) is 16.7 Å². The van der Waals surface area contributed by atoms with Crippen molar-refractivity contribution in [3.05, 3.63) is 41.5 Å². The number of sulfonamides is 1. The SMILES string of the molecule is C=CCN(C)S(=O)(=O)c1cc(CO)c(C)cc1C. The predicted octanol–water partition coefficient (Wildman–Crippen LogP) is 1.60. The maximum absolute atomic E-state index is 12.3. The van der Waals surface area contributed by atoms with Gasteiger partial charge in [-0.15, -0.1) is 6.58 Å². The second-order valence-corrected chi connectivity index (χ2v) is 6.29. The standard InChI is InChI=1S/C13H19NO3S/c1-5-6-14(4)18(16,17)13-8-12(9-15)10(2)7-11(13)3/h5,7-8,15H,1,6,9H2,2-4H3. The number of likely N-dealkylation sites (N-methyl/N-ethyl adjacent to an activating group) is 1. The van der Waals surface area contributed by atoms with Crippen LogP contribution in [0.15, 0.2) is 29.7 Å². The normalized spacial score (nSPS) is 11.8. The number of hydrogen-bond acceptors (Lipinski definition) is 3. The van der Waals surface area contributed by atoms with Gasteiger partial charge in [0.05, 0.1) is 11.5 Å². The Labute approximate surface area is 109 Å². The minimum absolute atomic E-state index is 0.167. The van der Waals surface area contributed by atoms with Gasteiger partial charge in [-0.2, -0.15) is 4.31 Å². The van der Waals surface area contributed by atoms with Crippen molar-refractivity contribution in [1.82, 2.24) is 4.31 Å². The van der Waals surface area contributed by atoms with Crippen LogP contribution in [0.5, 0.6) is 0 Å². The van der Waals surface area contributed by atoms with Crippen molar-refractivity contribution in [3.63, 3.8) is 0 Å². The van der Waals surface area contributed by atoms with Crippen LogP contribution in [-0.2, 0) is 16.6 Å². The van der Waals surface area contributed by atoms with Crippen molar-refractivity contribution in [1.29, 1.82) is 0 Å². The average Bonchev–Trinajstić information content (AvgIpc) is 2.29. The van der Waals surface area contributed by atoms with Crippen molar-refractivity contribution in [2.75, 3.05) is 13.6 Å². The van der Waals surface area contributed by atoms with Gasteiger partial charge in [0.1, 0.15) is 0 Å². The van der Waals surface area contributed by atoms with Crippen LogP contribution in [0.25, 0.3) is 0 Å². The van der Waals surface area contributed by atoms with Gasteiger partial charge in [-0.1, -0.05) is 12.1 Å². The number of aliphatic hydroxyl groups excluding tert-OH is 1. The van der Waals surface area contributed by atoms with Gasteiger partial charge in [-0.3, -0.25) is 0 Å². The molecule has 1 aromatic rings. The molecular formula is C13H19NO3S. The quantitative estimate of drug-likeness (QED) is 0.826. The van der Waals surface area contributed by atoms with Crippen LogP contribution < -0.4 is 0 Å². The number of rotatable bonds is 5. The third-order valence-corrected chi connectivity index (χ3v) is 4.84. The first-order chi connectivity index (χ1) is 8.34. The van der Waals surface area contributed by atoms with Crippen LogP contribution in [-0.4, -0.2) is 31.4 Å². The largest absolute Gasteiger partial charge is 0.392 e. The highest BCUT2D eigenvalue weighted by Crippen LogP contribution is 2.23. The molecular weight excluding hydrogens is 250 g/mol. The number of aryl methyl sites for hydroxylation is 2. The minimum Gasteiger partial charge on any atom is -0.392 e. The van der Waals surface area contributed by atoms with E-state index in [2.05, 4.69) is 6.58 Å². The Hall–Kier alpha value is -1.17. The van der Waals surface area contributed by atoms with Gasteiger partial charge < -0.3 is 5.11 Å². The fraction of sp³-hybridized carbons (Fsp3) is 0.385. The number of nitrogens with zero attached hydrogens (tertiary/aromatic N) is 1. The fourth-order valence-corrected chi connectivity index (χ4v) is 3.17. The van der Waals surface area contributed by atoms with E-state index in [4.69, 9.17) is 0 Å². The van der Waals surface area contributed by atoms with Gasteiger partial charge in [0.15, 0.2) is 0 Å². The zero-order valence-electron chi connectivity index (χ0n) is 11.0. The molecule has 0 saturated heterocycles. The van der Waals surface area contributed by atoms with E-state index >= 15 is 0 Å². The van der Waals surface area contributed by atoms with Gasteiger partial charge in [-0.05, 0) is 36.6 Å². The third-order valence-electron chi connectivity index (χ3n) is 2.88. The third kappa shape index (κ3) is 2.80. The molecule has 0 fully saturated rings. The van der Waals surface area contributed by atoms with Crippen molar-refractivity contribution in [2.24, 2.45) is 0 Å². The lowest BCUT2D eigenvalue weighted by Crippen LogP contribution is -2.27. The molecule has 1 aromatic carbocycles. The molecule has 0 heterocycles. The van der Waals surface area contributed by atoms with Crippen LogP contribution in [0.3, 0.4) is 0 Å². The van der Waals surface area contributed by atoms with Crippen molar-refractivity contribution < 1.29 is 13.5 Å². The fourth-order valence-electron chi connectivity index (χ4n) is 1.77. The maximum Gasteiger partial charge on any atom is 0.243 e. The molecule has 0 unspecified atom stereocenters. The number of benzene rings is 1. The molecule has 4 nitrogen and oxygen atoms in total. The molecule has 0 aliphatic heterocycles. The molecule has 0 spiro atoms. The molecule has 0 atom stereocenters. The minimum atomic E-state index is -3.53. The lowest BCUT2D eigenvalue weighted by Gasteiger charge is -2.18. The molecule has 0 aliphatic rings. The molecule has 0 amide bonds. The van der Waals surface area contributed by atoms with E-state index in [1.165, 1.54) is 17.4 Å². The first kappa shape index (κ1) is 14.9. The van der Waals surface area contributed by atoms with Gasteiger partial charge in [-0.25, -0.2) is 8.42 Å². The Kier molecular flexibility index (Phi) is 4.67.